The second kappa shape index (κ2) is 10.2. The molecule has 0 saturated carbocycles. The van der Waals surface area contributed by atoms with Crippen molar-refractivity contribution in [3.63, 3.8) is 0 Å². The maximum atomic E-state index is 13.2. The van der Waals surface area contributed by atoms with Gasteiger partial charge in [-0.3, -0.25) is 4.57 Å². The minimum atomic E-state index is -4.46. The Hall–Kier alpha value is -3.25. The number of nitriles is 1. The molecule has 0 saturated heterocycles. The molecule has 0 unspecified atom stereocenters. The number of alkyl halides is 5. The fourth-order valence-corrected chi connectivity index (χ4v) is 2.90. The summed E-state index contributed by atoms with van der Waals surface area (Å²) >= 11 is 0. The smallest absolute Gasteiger partial charge is 0.394 e. The van der Waals surface area contributed by atoms with Crippen LogP contribution in [0.4, 0.5) is 22.0 Å². The highest BCUT2D eigenvalue weighted by molar-refractivity contribution is 5.53. The summed E-state index contributed by atoms with van der Waals surface area (Å²) in [5, 5.41) is 9.45. The summed E-state index contributed by atoms with van der Waals surface area (Å²) in [4.78, 5) is 20.5. The Bertz CT molecular complexity index is 985. The van der Waals surface area contributed by atoms with Crippen LogP contribution in [0.5, 0.6) is 5.75 Å². The first-order chi connectivity index (χ1) is 14.3. The van der Waals surface area contributed by atoms with Crippen molar-refractivity contribution in [2.24, 2.45) is 5.41 Å². The van der Waals surface area contributed by atoms with Crippen LogP contribution >= 0.6 is 0 Å². The maximum absolute atomic E-state index is 13.2. The van der Waals surface area contributed by atoms with Crippen LogP contribution in [0.2, 0.25) is 0 Å². The van der Waals surface area contributed by atoms with Crippen molar-refractivity contribution in [3.05, 3.63) is 41.0 Å². The average Bonchev–Trinajstić information content (AvgIpc) is 2.96. The normalized spacial score (nSPS) is 11.4. The molecule has 0 fully saturated rings. The second-order valence-electron chi connectivity index (χ2n) is 7.08. The van der Waals surface area contributed by atoms with E-state index < -0.39 is 24.6 Å². The van der Waals surface area contributed by atoms with Gasteiger partial charge in [0.05, 0.1) is 16.8 Å². The van der Waals surface area contributed by atoms with Gasteiger partial charge in [0.1, 0.15) is 23.3 Å². The number of imidazole rings is 1. The van der Waals surface area contributed by atoms with Crippen molar-refractivity contribution in [1.29, 1.82) is 5.26 Å². The van der Waals surface area contributed by atoms with E-state index in [1.54, 1.807) is 13.8 Å². The summed E-state index contributed by atoms with van der Waals surface area (Å²) in [6, 6.07) is 5.93. The lowest BCUT2D eigenvalue weighted by molar-refractivity contribution is -0.211. The molecule has 0 amide bonds. The summed E-state index contributed by atoms with van der Waals surface area (Å²) in [7, 11) is 0. The lowest BCUT2D eigenvalue weighted by Crippen LogP contribution is -2.34. The van der Waals surface area contributed by atoms with Crippen molar-refractivity contribution in [2.75, 3.05) is 0 Å². The summed E-state index contributed by atoms with van der Waals surface area (Å²) in [5.41, 5.74) is -1.08. The number of rotatable bonds is 6. The number of nitrogens with zero attached hydrogens (tertiary/aromatic N) is 3. The van der Waals surface area contributed by atoms with E-state index in [-0.39, 0.29) is 28.8 Å². The minimum Gasteiger partial charge on any atom is -0.433 e. The molecule has 1 heterocycles. The standard InChI is InChI=1S/C19H20F5N3O.CO2/c1-5-13-15(10-25)27(11(2)26-13)14-7-6-12(8-16(14)28-17(20)21)9-18(3,4)19(22,23)24;2-1-3/h6-8,17H,5,9H2,1-4H3;. The highest BCUT2D eigenvalue weighted by atomic mass is 19.4. The molecule has 2 aromatic rings. The van der Waals surface area contributed by atoms with Crippen molar-refractivity contribution >= 4 is 6.15 Å². The fourth-order valence-electron chi connectivity index (χ4n) is 2.90. The monoisotopic (exact) mass is 445 g/mol. The molecule has 1 aromatic carbocycles. The van der Waals surface area contributed by atoms with E-state index in [0.29, 0.717) is 17.9 Å². The van der Waals surface area contributed by atoms with E-state index in [4.69, 9.17) is 9.59 Å². The highest BCUT2D eigenvalue weighted by Gasteiger charge is 2.47. The Morgan fingerprint density at radius 3 is 2.26 bits per heavy atom. The van der Waals surface area contributed by atoms with Crippen LogP contribution in [-0.2, 0) is 22.4 Å². The predicted octanol–water partition coefficient (Wildman–Crippen LogP) is 4.76. The first-order valence-corrected chi connectivity index (χ1v) is 8.95. The van der Waals surface area contributed by atoms with Crippen LogP contribution in [0.25, 0.3) is 5.69 Å². The number of ether oxygens (including phenoxy) is 1. The first-order valence-electron chi connectivity index (χ1n) is 8.95. The summed E-state index contributed by atoms with van der Waals surface area (Å²) in [6.45, 7) is 2.30. The Morgan fingerprint density at radius 2 is 1.81 bits per heavy atom. The molecule has 0 aliphatic heterocycles. The third kappa shape index (κ3) is 6.12. The minimum absolute atomic E-state index is 0.120. The number of benzene rings is 1. The van der Waals surface area contributed by atoms with Crippen LogP contribution in [0.1, 0.15) is 43.5 Å². The van der Waals surface area contributed by atoms with Gasteiger partial charge in [0, 0.05) is 0 Å². The van der Waals surface area contributed by atoms with Crippen molar-refractivity contribution < 1.29 is 36.3 Å². The molecule has 0 atom stereocenters. The van der Waals surface area contributed by atoms with Crippen molar-refractivity contribution in [2.45, 2.75) is 53.3 Å². The first kappa shape index (κ1) is 25.8. The molecular weight excluding hydrogens is 425 g/mol. The van der Waals surface area contributed by atoms with Crippen LogP contribution in [0, 0.1) is 23.7 Å². The molecule has 11 heteroatoms. The van der Waals surface area contributed by atoms with E-state index in [9.17, 15) is 27.2 Å². The molecule has 0 aliphatic rings. The Balaban J connectivity index is 0.00000151. The van der Waals surface area contributed by atoms with Crippen LogP contribution in [-0.4, -0.2) is 28.5 Å². The Kier molecular flexibility index (Phi) is 8.46. The summed E-state index contributed by atoms with van der Waals surface area (Å²) in [5.74, 6) is 0.0704. The predicted molar refractivity (Wildman–Crippen MR) is 97.6 cm³/mol. The third-order valence-electron chi connectivity index (χ3n) is 4.45. The van der Waals surface area contributed by atoms with Gasteiger partial charge in [0.15, 0.2) is 0 Å². The Morgan fingerprint density at radius 1 is 1.23 bits per heavy atom. The molecule has 0 bridgehead atoms. The summed E-state index contributed by atoms with van der Waals surface area (Å²) < 4.78 is 71.3. The number of hydrogen-bond acceptors (Lipinski definition) is 5. The number of hydrogen-bond donors (Lipinski definition) is 0. The quantitative estimate of drug-likeness (QED) is 0.599. The SMILES string of the molecule is CCc1nc(C)n(-c2ccc(CC(C)(C)C(F)(F)F)cc2OC(F)F)c1C#N.O=C=O. The van der Waals surface area contributed by atoms with Crippen molar-refractivity contribution in [3.8, 4) is 17.5 Å². The van der Waals surface area contributed by atoms with E-state index in [2.05, 4.69) is 9.72 Å². The molecule has 0 aliphatic carbocycles. The fraction of sp³-hybridized carbons (Fsp3) is 0.450. The van der Waals surface area contributed by atoms with Crippen LogP contribution < -0.4 is 4.74 Å². The van der Waals surface area contributed by atoms with Crippen molar-refractivity contribution in [1.82, 2.24) is 9.55 Å². The summed E-state index contributed by atoms with van der Waals surface area (Å²) in [6.07, 6.45) is -4.16. The number of halogens is 5. The topological polar surface area (TPSA) is 85.0 Å². The van der Waals surface area contributed by atoms with Gasteiger partial charge in [-0.05, 0) is 37.5 Å². The van der Waals surface area contributed by atoms with Gasteiger partial charge in [-0.25, -0.2) is 4.98 Å². The lowest BCUT2D eigenvalue weighted by atomic mass is 9.85. The van der Waals surface area contributed by atoms with Gasteiger partial charge in [-0.2, -0.15) is 36.8 Å². The molecule has 168 valence electrons. The van der Waals surface area contributed by atoms with E-state index in [1.165, 1.54) is 16.7 Å². The molecule has 0 radical (unpaired) electrons. The largest absolute Gasteiger partial charge is 0.433 e. The lowest BCUT2D eigenvalue weighted by Gasteiger charge is -2.28. The molecule has 2 rings (SSSR count). The zero-order valence-corrected chi connectivity index (χ0v) is 17.2. The number of aromatic nitrogens is 2. The molecule has 31 heavy (non-hydrogen) atoms. The van der Waals surface area contributed by atoms with Gasteiger partial charge < -0.3 is 4.74 Å². The average molecular weight is 445 g/mol. The highest BCUT2D eigenvalue weighted by Crippen LogP contribution is 2.41. The van der Waals surface area contributed by atoms with E-state index in [0.717, 1.165) is 19.9 Å². The van der Waals surface area contributed by atoms with Gasteiger partial charge in [-0.15, -0.1) is 0 Å². The maximum Gasteiger partial charge on any atom is 0.394 e. The third-order valence-corrected chi connectivity index (χ3v) is 4.45. The second-order valence-corrected chi connectivity index (χ2v) is 7.08. The van der Waals surface area contributed by atoms with Gasteiger partial charge in [0.2, 0.25) is 0 Å². The number of carbonyl (C=O) groups excluding carboxylic acids is 2. The molecule has 0 N–H and O–H groups in total. The zero-order valence-electron chi connectivity index (χ0n) is 17.2. The molecule has 1 aromatic heterocycles. The molecular formula is C20H20F5N3O3. The zero-order chi connectivity index (χ0) is 24.0. The van der Waals surface area contributed by atoms with Crippen LogP contribution in [0.3, 0.4) is 0 Å². The number of aryl methyl sites for hydroxylation is 2. The van der Waals surface area contributed by atoms with Gasteiger partial charge in [0.25, 0.3) is 0 Å². The van der Waals surface area contributed by atoms with Gasteiger partial charge in [-0.1, -0.05) is 26.8 Å². The van der Waals surface area contributed by atoms with E-state index in [1.807, 2.05) is 6.07 Å². The Labute approximate surface area is 175 Å². The van der Waals surface area contributed by atoms with Gasteiger partial charge >= 0.3 is 18.9 Å². The van der Waals surface area contributed by atoms with E-state index >= 15 is 0 Å². The molecule has 6 nitrogen and oxygen atoms in total. The molecule has 0 spiro atoms. The van der Waals surface area contributed by atoms with Crippen LogP contribution in [0.15, 0.2) is 18.2 Å².